The van der Waals surface area contributed by atoms with Gasteiger partial charge in [0.05, 0.1) is 0 Å². The summed E-state index contributed by atoms with van der Waals surface area (Å²) in [5.41, 5.74) is 4.95. The lowest BCUT2D eigenvalue weighted by molar-refractivity contribution is -0.139. The van der Waals surface area contributed by atoms with E-state index in [1.54, 1.807) is 11.9 Å². The molecular formula is C13H27N3O2. The maximum atomic E-state index is 12.6. The van der Waals surface area contributed by atoms with Crippen LogP contribution in [0, 0.1) is 5.41 Å². The van der Waals surface area contributed by atoms with Gasteiger partial charge in [0, 0.05) is 13.1 Å². The van der Waals surface area contributed by atoms with Crippen LogP contribution >= 0.6 is 0 Å². The van der Waals surface area contributed by atoms with Crippen LogP contribution in [-0.4, -0.2) is 34.9 Å². The van der Waals surface area contributed by atoms with Crippen molar-refractivity contribution in [2.45, 2.75) is 59.4 Å². The normalized spacial score (nSPS) is 12.9. The summed E-state index contributed by atoms with van der Waals surface area (Å²) in [6.45, 7) is 7.90. The lowest BCUT2D eigenvalue weighted by atomic mass is 9.76. The number of nitrogens with zero attached hydrogens (tertiary/aromatic N) is 2. The van der Waals surface area contributed by atoms with Crippen LogP contribution in [0.25, 0.3) is 0 Å². The van der Waals surface area contributed by atoms with Crippen molar-refractivity contribution in [1.29, 1.82) is 0 Å². The van der Waals surface area contributed by atoms with E-state index in [9.17, 15) is 4.79 Å². The van der Waals surface area contributed by atoms with Crippen LogP contribution in [0.3, 0.4) is 0 Å². The lowest BCUT2D eigenvalue weighted by Crippen LogP contribution is -2.52. The number of oxime groups is 1. The SMILES string of the molecule is CCCC(CCC)(C(=O)N(C)C(C)C)/C(N)=N/O. The molecule has 0 spiro atoms. The van der Waals surface area contributed by atoms with Crippen molar-refractivity contribution in [3.05, 3.63) is 0 Å². The number of carbonyl (C=O) groups excluding carboxylic acids is 1. The molecular weight excluding hydrogens is 230 g/mol. The van der Waals surface area contributed by atoms with Gasteiger partial charge < -0.3 is 15.8 Å². The van der Waals surface area contributed by atoms with Gasteiger partial charge in [-0.15, -0.1) is 0 Å². The third kappa shape index (κ3) is 3.37. The number of rotatable bonds is 7. The number of nitrogens with two attached hydrogens (primary N) is 1. The van der Waals surface area contributed by atoms with Crippen LogP contribution in [0.1, 0.15) is 53.4 Å². The van der Waals surface area contributed by atoms with Gasteiger partial charge in [-0.25, -0.2) is 0 Å². The molecule has 0 aromatic carbocycles. The largest absolute Gasteiger partial charge is 0.409 e. The van der Waals surface area contributed by atoms with E-state index in [4.69, 9.17) is 10.9 Å². The minimum Gasteiger partial charge on any atom is -0.409 e. The molecule has 0 rings (SSSR count). The number of amidine groups is 1. The molecule has 106 valence electrons. The molecule has 0 heterocycles. The van der Waals surface area contributed by atoms with Gasteiger partial charge in [0.15, 0.2) is 5.84 Å². The van der Waals surface area contributed by atoms with E-state index in [1.807, 2.05) is 27.7 Å². The highest BCUT2D eigenvalue weighted by atomic mass is 16.4. The predicted molar refractivity (Wildman–Crippen MR) is 73.6 cm³/mol. The molecule has 0 saturated heterocycles. The Kier molecular flexibility index (Phi) is 6.73. The number of hydrogen-bond donors (Lipinski definition) is 2. The fraction of sp³-hybridized carbons (Fsp3) is 0.846. The van der Waals surface area contributed by atoms with Gasteiger partial charge in [0.2, 0.25) is 5.91 Å². The van der Waals surface area contributed by atoms with Crippen LogP contribution in [-0.2, 0) is 4.79 Å². The van der Waals surface area contributed by atoms with Crippen molar-refractivity contribution in [2.75, 3.05) is 7.05 Å². The van der Waals surface area contributed by atoms with Gasteiger partial charge >= 0.3 is 0 Å². The van der Waals surface area contributed by atoms with Gasteiger partial charge in [-0.3, -0.25) is 4.79 Å². The maximum Gasteiger partial charge on any atom is 0.236 e. The Labute approximate surface area is 110 Å². The van der Waals surface area contributed by atoms with E-state index in [0.29, 0.717) is 12.8 Å². The molecule has 0 bridgehead atoms. The molecule has 0 aromatic rings. The van der Waals surface area contributed by atoms with Crippen molar-refractivity contribution in [2.24, 2.45) is 16.3 Å². The van der Waals surface area contributed by atoms with E-state index < -0.39 is 5.41 Å². The summed E-state index contributed by atoms with van der Waals surface area (Å²) in [7, 11) is 1.76. The summed E-state index contributed by atoms with van der Waals surface area (Å²) in [6, 6.07) is 0.0945. The highest BCUT2D eigenvalue weighted by Crippen LogP contribution is 2.33. The molecule has 0 aromatic heterocycles. The second-order valence-corrected chi connectivity index (χ2v) is 5.08. The van der Waals surface area contributed by atoms with Gasteiger partial charge in [-0.1, -0.05) is 31.8 Å². The Bertz CT molecular complexity index is 295. The first-order chi connectivity index (χ1) is 8.37. The number of carbonyl (C=O) groups is 1. The van der Waals surface area contributed by atoms with Gasteiger partial charge in [0.1, 0.15) is 5.41 Å². The predicted octanol–water partition coefficient (Wildman–Crippen LogP) is 2.19. The monoisotopic (exact) mass is 257 g/mol. The fourth-order valence-electron chi connectivity index (χ4n) is 2.23. The van der Waals surface area contributed by atoms with Gasteiger partial charge in [0.25, 0.3) is 0 Å². The summed E-state index contributed by atoms with van der Waals surface area (Å²) in [6.07, 6.45) is 2.83. The van der Waals surface area contributed by atoms with E-state index >= 15 is 0 Å². The van der Waals surface area contributed by atoms with E-state index in [0.717, 1.165) is 12.8 Å². The van der Waals surface area contributed by atoms with Gasteiger partial charge in [-0.05, 0) is 26.7 Å². The zero-order chi connectivity index (χ0) is 14.3. The first-order valence-corrected chi connectivity index (χ1v) is 6.62. The zero-order valence-electron chi connectivity index (χ0n) is 12.2. The Hall–Kier alpha value is -1.26. The summed E-state index contributed by atoms with van der Waals surface area (Å²) in [5.74, 6) is -0.0276. The van der Waals surface area contributed by atoms with Crippen molar-refractivity contribution < 1.29 is 10.0 Å². The summed E-state index contributed by atoms with van der Waals surface area (Å²) in [5, 5.41) is 12.1. The average molecular weight is 257 g/mol. The maximum absolute atomic E-state index is 12.6. The average Bonchev–Trinajstić information content (AvgIpc) is 2.35. The summed E-state index contributed by atoms with van der Waals surface area (Å²) < 4.78 is 0. The third-order valence-electron chi connectivity index (χ3n) is 3.46. The molecule has 5 heteroatoms. The third-order valence-corrected chi connectivity index (χ3v) is 3.46. The first kappa shape index (κ1) is 16.7. The Balaban J connectivity index is 5.48. The number of hydrogen-bond acceptors (Lipinski definition) is 3. The zero-order valence-corrected chi connectivity index (χ0v) is 12.2. The molecule has 0 radical (unpaired) electrons. The molecule has 0 saturated carbocycles. The van der Waals surface area contributed by atoms with Crippen LogP contribution < -0.4 is 5.73 Å². The molecule has 0 fully saturated rings. The molecule has 18 heavy (non-hydrogen) atoms. The van der Waals surface area contributed by atoms with Crippen molar-refractivity contribution >= 4 is 11.7 Å². The fourth-order valence-corrected chi connectivity index (χ4v) is 2.23. The lowest BCUT2D eigenvalue weighted by Gasteiger charge is -2.36. The van der Waals surface area contributed by atoms with E-state index in [-0.39, 0.29) is 17.8 Å². The van der Waals surface area contributed by atoms with Gasteiger partial charge in [-0.2, -0.15) is 0 Å². The van der Waals surface area contributed by atoms with Crippen molar-refractivity contribution in [3.8, 4) is 0 Å². The Morgan fingerprint density at radius 2 is 1.78 bits per heavy atom. The van der Waals surface area contributed by atoms with Crippen LogP contribution in [0.5, 0.6) is 0 Å². The first-order valence-electron chi connectivity index (χ1n) is 6.62. The highest BCUT2D eigenvalue weighted by Gasteiger charge is 2.43. The molecule has 0 aliphatic heterocycles. The standard InChI is InChI=1S/C13H27N3O2/c1-6-8-13(9-7-2,11(14)15-18)12(17)16(5)10(3)4/h10,18H,6-9H2,1-5H3,(H2,14,15). The summed E-state index contributed by atoms with van der Waals surface area (Å²) >= 11 is 0. The van der Waals surface area contributed by atoms with Crippen molar-refractivity contribution in [1.82, 2.24) is 4.90 Å². The molecule has 1 amide bonds. The van der Waals surface area contributed by atoms with Crippen LogP contribution in [0.15, 0.2) is 5.16 Å². The van der Waals surface area contributed by atoms with Crippen LogP contribution in [0.4, 0.5) is 0 Å². The molecule has 0 aliphatic carbocycles. The molecule has 3 N–H and O–H groups in total. The van der Waals surface area contributed by atoms with Crippen LogP contribution in [0.2, 0.25) is 0 Å². The summed E-state index contributed by atoms with van der Waals surface area (Å²) in [4.78, 5) is 14.3. The molecule has 5 nitrogen and oxygen atoms in total. The second-order valence-electron chi connectivity index (χ2n) is 5.08. The highest BCUT2D eigenvalue weighted by molar-refractivity contribution is 6.06. The Morgan fingerprint density at radius 3 is 2.06 bits per heavy atom. The molecule has 0 atom stereocenters. The van der Waals surface area contributed by atoms with E-state index in [1.165, 1.54) is 0 Å². The topological polar surface area (TPSA) is 78.9 Å². The van der Waals surface area contributed by atoms with E-state index in [2.05, 4.69) is 5.16 Å². The molecule has 0 aliphatic rings. The minimum atomic E-state index is -0.864. The number of amides is 1. The minimum absolute atomic E-state index is 0.0312. The smallest absolute Gasteiger partial charge is 0.236 e. The quantitative estimate of drug-likeness (QED) is 0.317. The molecule has 0 unspecified atom stereocenters. The second kappa shape index (κ2) is 7.24. The Morgan fingerprint density at radius 1 is 1.33 bits per heavy atom. The van der Waals surface area contributed by atoms with Crippen molar-refractivity contribution in [3.63, 3.8) is 0 Å².